The lowest BCUT2D eigenvalue weighted by Crippen LogP contribution is -2.12. The maximum Gasteiger partial charge on any atom is 0.259 e. The van der Waals surface area contributed by atoms with Crippen LogP contribution in [0.3, 0.4) is 0 Å². The summed E-state index contributed by atoms with van der Waals surface area (Å²) in [6.07, 6.45) is 0. The van der Waals surface area contributed by atoms with Gasteiger partial charge >= 0.3 is 0 Å². The van der Waals surface area contributed by atoms with Crippen LogP contribution in [0, 0.1) is 6.92 Å². The Morgan fingerprint density at radius 1 is 1.21 bits per heavy atom. The molecular weight excluding hydrogens is 240 g/mol. The van der Waals surface area contributed by atoms with Crippen molar-refractivity contribution in [3.8, 4) is 5.75 Å². The van der Waals surface area contributed by atoms with Gasteiger partial charge in [-0.3, -0.25) is 4.79 Å². The van der Waals surface area contributed by atoms with E-state index < -0.39 is 0 Å². The van der Waals surface area contributed by atoms with Gasteiger partial charge in [0.15, 0.2) is 0 Å². The van der Waals surface area contributed by atoms with Crippen LogP contribution < -0.4 is 11.1 Å². The van der Waals surface area contributed by atoms with E-state index >= 15 is 0 Å². The van der Waals surface area contributed by atoms with Crippen LogP contribution in [-0.4, -0.2) is 11.0 Å². The lowest BCUT2D eigenvalue weighted by atomic mass is 10.1. The van der Waals surface area contributed by atoms with Crippen LogP contribution in [0.25, 0.3) is 0 Å². The van der Waals surface area contributed by atoms with Gasteiger partial charge in [0, 0.05) is 12.2 Å². The van der Waals surface area contributed by atoms with Gasteiger partial charge in [-0.25, -0.2) is 0 Å². The summed E-state index contributed by atoms with van der Waals surface area (Å²) in [6.45, 7) is 2.32. The van der Waals surface area contributed by atoms with Gasteiger partial charge in [-0.15, -0.1) is 0 Å². The van der Waals surface area contributed by atoms with Crippen LogP contribution in [0.2, 0.25) is 0 Å². The highest BCUT2D eigenvalue weighted by atomic mass is 16.3. The Bertz CT molecular complexity index is 592. The van der Waals surface area contributed by atoms with E-state index in [9.17, 15) is 9.90 Å². The maximum absolute atomic E-state index is 12.0. The first-order valence-electron chi connectivity index (χ1n) is 6.00. The normalized spacial score (nSPS) is 10.2. The number of anilines is 1. The molecule has 1 amide bonds. The van der Waals surface area contributed by atoms with Crippen molar-refractivity contribution in [2.45, 2.75) is 13.5 Å². The quantitative estimate of drug-likeness (QED) is 0.789. The first kappa shape index (κ1) is 13.1. The molecule has 0 aliphatic heterocycles. The molecule has 4 heteroatoms. The predicted octanol–water partition coefficient (Wildman–Crippen LogP) is 2.41. The number of nitrogens with two attached hydrogens (primary N) is 1. The molecule has 4 nitrogen and oxygen atoms in total. The molecular formula is C15H16N2O2. The zero-order valence-corrected chi connectivity index (χ0v) is 10.7. The van der Waals surface area contributed by atoms with E-state index in [0.29, 0.717) is 12.2 Å². The zero-order valence-electron chi connectivity index (χ0n) is 10.7. The molecule has 0 heterocycles. The zero-order chi connectivity index (χ0) is 13.8. The van der Waals surface area contributed by atoms with E-state index in [1.165, 1.54) is 0 Å². The van der Waals surface area contributed by atoms with E-state index in [-0.39, 0.29) is 17.2 Å². The summed E-state index contributed by atoms with van der Waals surface area (Å²) in [5.74, 6) is -0.353. The number of hydrogen-bond donors (Lipinski definition) is 3. The van der Waals surface area contributed by atoms with Gasteiger partial charge in [-0.1, -0.05) is 18.2 Å². The number of aryl methyl sites for hydroxylation is 1. The highest BCUT2D eigenvalue weighted by Crippen LogP contribution is 2.20. The summed E-state index contributed by atoms with van der Waals surface area (Å²) in [4.78, 5) is 12.0. The maximum atomic E-state index is 12.0. The predicted molar refractivity (Wildman–Crippen MR) is 75.1 cm³/mol. The topological polar surface area (TPSA) is 75.4 Å². The summed E-state index contributed by atoms with van der Waals surface area (Å²) in [7, 11) is 0. The van der Waals surface area contributed by atoms with Crippen molar-refractivity contribution in [2.24, 2.45) is 5.73 Å². The molecule has 0 aromatic heterocycles. The second-order valence-corrected chi connectivity index (χ2v) is 4.38. The monoisotopic (exact) mass is 256 g/mol. The van der Waals surface area contributed by atoms with Crippen molar-refractivity contribution in [3.05, 3.63) is 59.2 Å². The minimum atomic E-state index is -0.335. The number of carbonyl (C=O) groups is 1. The molecule has 2 rings (SSSR count). The molecule has 0 fully saturated rings. The van der Waals surface area contributed by atoms with Gasteiger partial charge in [-0.2, -0.15) is 0 Å². The minimum absolute atomic E-state index is 0.0175. The molecule has 0 saturated heterocycles. The summed E-state index contributed by atoms with van der Waals surface area (Å²) < 4.78 is 0. The lowest BCUT2D eigenvalue weighted by Gasteiger charge is -2.08. The Morgan fingerprint density at radius 3 is 2.47 bits per heavy atom. The lowest BCUT2D eigenvalue weighted by molar-refractivity contribution is 0.102. The van der Waals surface area contributed by atoms with Crippen molar-refractivity contribution in [3.63, 3.8) is 0 Å². The third kappa shape index (κ3) is 3.11. The molecule has 4 N–H and O–H groups in total. The Hall–Kier alpha value is -2.33. The molecule has 98 valence electrons. The van der Waals surface area contributed by atoms with Crippen molar-refractivity contribution in [1.82, 2.24) is 0 Å². The molecule has 0 atom stereocenters. The first-order chi connectivity index (χ1) is 9.10. The molecule has 0 saturated carbocycles. The number of rotatable bonds is 3. The summed E-state index contributed by atoms with van der Waals surface area (Å²) in [5, 5.41) is 12.5. The highest BCUT2D eigenvalue weighted by molar-refractivity contribution is 6.06. The van der Waals surface area contributed by atoms with E-state index in [2.05, 4.69) is 5.32 Å². The number of phenols is 1. The molecule has 2 aromatic carbocycles. The Balaban J connectivity index is 2.15. The Labute approximate surface area is 111 Å². The average Bonchev–Trinajstić information content (AvgIpc) is 2.39. The van der Waals surface area contributed by atoms with Crippen LogP contribution >= 0.6 is 0 Å². The van der Waals surface area contributed by atoms with Crippen LogP contribution in [0.15, 0.2) is 42.5 Å². The molecule has 0 spiro atoms. The molecule has 0 unspecified atom stereocenters. The molecule has 2 aromatic rings. The number of nitrogens with one attached hydrogen (secondary N) is 1. The van der Waals surface area contributed by atoms with E-state index in [1.54, 1.807) is 30.3 Å². The SMILES string of the molecule is Cc1ccc(C(=O)Nc2ccc(CN)cc2)c(O)c1. The number of aromatic hydroxyl groups is 1. The van der Waals surface area contributed by atoms with Crippen LogP contribution in [-0.2, 0) is 6.54 Å². The van der Waals surface area contributed by atoms with Crippen LogP contribution in [0.1, 0.15) is 21.5 Å². The van der Waals surface area contributed by atoms with Crippen LogP contribution in [0.4, 0.5) is 5.69 Å². The highest BCUT2D eigenvalue weighted by Gasteiger charge is 2.11. The molecule has 19 heavy (non-hydrogen) atoms. The van der Waals surface area contributed by atoms with Crippen molar-refractivity contribution < 1.29 is 9.90 Å². The molecule has 0 aliphatic rings. The number of amides is 1. The molecule has 0 bridgehead atoms. The van der Waals surface area contributed by atoms with Gasteiger partial charge in [-0.05, 0) is 42.3 Å². The number of carbonyl (C=O) groups excluding carboxylic acids is 1. The van der Waals surface area contributed by atoms with Gasteiger partial charge in [0.1, 0.15) is 5.75 Å². The fourth-order valence-corrected chi connectivity index (χ4v) is 1.76. The first-order valence-corrected chi connectivity index (χ1v) is 6.00. The number of benzene rings is 2. The second kappa shape index (κ2) is 5.54. The Kier molecular flexibility index (Phi) is 3.82. The smallest absolute Gasteiger partial charge is 0.259 e. The van der Waals surface area contributed by atoms with Crippen molar-refractivity contribution in [1.29, 1.82) is 0 Å². The van der Waals surface area contributed by atoms with Crippen LogP contribution in [0.5, 0.6) is 5.75 Å². The van der Waals surface area contributed by atoms with Crippen molar-refractivity contribution >= 4 is 11.6 Å². The summed E-state index contributed by atoms with van der Waals surface area (Å²) in [5.41, 5.74) is 8.33. The van der Waals surface area contributed by atoms with Gasteiger partial charge < -0.3 is 16.2 Å². The minimum Gasteiger partial charge on any atom is -0.507 e. The van der Waals surface area contributed by atoms with Crippen molar-refractivity contribution in [2.75, 3.05) is 5.32 Å². The van der Waals surface area contributed by atoms with Gasteiger partial charge in [0.2, 0.25) is 0 Å². The second-order valence-electron chi connectivity index (χ2n) is 4.38. The third-order valence-corrected chi connectivity index (χ3v) is 2.85. The average molecular weight is 256 g/mol. The van der Waals surface area contributed by atoms with E-state index in [1.807, 2.05) is 19.1 Å². The molecule has 0 radical (unpaired) electrons. The fourth-order valence-electron chi connectivity index (χ4n) is 1.76. The largest absolute Gasteiger partial charge is 0.507 e. The van der Waals surface area contributed by atoms with E-state index in [4.69, 9.17) is 5.73 Å². The van der Waals surface area contributed by atoms with E-state index in [0.717, 1.165) is 11.1 Å². The molecule has 0 aliphatic carbocycles. The number of phenolic OH excluding ortho intramolecular Hbond substituents is 1. The van der Waals surface area contributed by atoms with Gasteiger partial charge in [0.05, 0.1) is 5.56 Å². The third-order valence-electron chi connectivity index (χ3n) is 2.85. The fraction of sp³-hybridized carbons (Fsp3) is 0.133. The number of hydrogen-bond acceptors (Lipinski definition) is 3. The van der Waals surface area contributed by atoms with Gasteiger partial charge in [0.25, 0.3) is 5.91 Å². The summed E-state index contributed by atoms with van der Waals surface area (Å²) in [6, 6.07) is 12.2. The Morgan fingerprint density at radius 2 is 1.89 bits per heavy atom. The standard InChI is InChI=1S/C15H16N2O2/c1-10-2-7-13(14(18)8-10)15(19)17-12-5-3-11(9-16)4-6-12/h2-8,18H,9,16H2,1H3,(H,17,19). The summed E-state index contributed by atoms with van der Waals surface area (Å²) >= 11 is 0.